The lowest BCUT2D eigenvalue weighted by Gasteiger charge is -2.36. The van der Waals surface area contributed by atoms with E-state index in [2.05, 4.69) is 15.4 Å². The maximum absolute atomic E-state index is 13.3. The standard InChI is InChI=1S/C20H20ClN5O.ClH/c1-14-18(12-24-26(14)17-6-4-16(21)5-7-17)20(27)25-10-9-23-13-19(25)15-3-2-8-22-11-15;/h2-8,11-12,19,23H,9-10,13H2,1H3;1H. The van der Waals surface area contributed by atoms with Crippen molar-refractivity contribution >= 4 is 29.9 Å². The first-order chi connectivity index (χ1) is 13.1. The fourth-order valence-electron chi connectivity index (χ4n) is 3.44. The highest BCUT2D eigenvalue weighted by Gasteiger charge is 2.30. The predicted molar refractivity (Wildman–Crippen MR) is 111 cm³/mol. The van der Waals surface area contributed by atoms with Gasteiger partial charge in [-0.1, -0.05) is 17.7 Å². The van der Waals surface area contributed by atoms with E-state index in [1.165, 1.54) is 0 Å². The summed E-state index contributed by atoms with van der Waals surface area (Å²) < 4.78 is 1.77. The molecule has 3 aromatic rings. The molecule has 6 nitrogen and oxygen atoms in total. The largest absolute Gasteiger partial charge is 0.329 e. The van der Waals surface area contributed by atoms with Gasteiger partial charge in [-0.3, -0.25) is 9.78 Å². The van der Waals surface area contributed by atoms with E-state index in [9.17, 15) is 4.79 Å². The summed E-state index contributed by atoms with van der Waals surface area (Å²) in [6, 6.07) is 11.3. The van der Waals surface area contributed by atoms with E-state index in [1.54, 1.807) is 17.1 Å². The van der Waals surface area contributed by atoms with E-state index in [0.717, 1.165) is 23.5 Å². The van der Waals surface area contributed by atoms with Crippen molar-refractivity contribution in [2.45, 2.75) is 13.0 Å². The molecule has 0 aliphatic carbocycles. The van der Waals surface area contributed by atoms with E-state index in [1.807, 2.05) is 54.4 Å². The quantitative estimate of drug-likeness (QED) is 0.708. The number of hydrogen-bond donors (Lipinski definition) is 1. The monoisotopic (exact) mass is 417 g/mol. The molecule has 0 bridgehead atoms. The van der Waals surface area contributed by atoms with Crippen LogP contribution in [-0.4, -0.2) is 45.2 Å². The number of nitrogens with one attached hydrogen (secondary N) is 1. The summed E-state index contributed by atoms with van der Waals surface area (Å²) in [6.45, 7) is 4.04. The van der Waals surface area contributed by atoms with Gasteiger partial charge in [0, 0.05) is 37.1 Å². The maximum Gasteiger partial charge on any atom is 0.257 e. The fraction of sp³-hybridized carbons (Fsp3) is 0.250. The minimum atomic E-state index is -0.0433. The zero-order valence-electron chi connectivity index (χ0n) is 15.4. The second-order valence-electron chi connectivity index (χ2n) is 6.54. The molecular formula is C20H21Cl2N5O. The van der Waals surface area contributed by atoms with Crippen molar-refractivity contribution in [2.75, 3.05) is 19.6 Å². The highest BCUT2D eigenvalue weighted by molar-refractivity contribution is 6.30. The van der Waals surface area contributed by atoms with Crippen LogP contribution < -0.4 is 5.32 Å². The van der Waals surface area contributed by atoms with E-state index >= 15 is 0 Å². The molecule has 28 heavy (non-hydrogen) atoms. The third-order valence-electron chi connectivity index (χ3n) is 4.88. The second-order valence-corrected chi connectivity index (χ2v) is 6.97. The number of rotatable bonds is 3. The van der Waals surface area contributed by atoms with Crippen LogP contribution in [0, 0.1) is 6.92 Å². The van der Waals surface area contributed by atoms with Gasteiger partial charge in [0.2, 0.25) is 0 Å². The first-order valence-corrected chi connectivity index (χ1v) is 9.25. The van der Waals surface area contributed by atoms with Gasteiger partial charge in [0.05, 0.1) is 29.2 Å². The summed E-state index contributed by atoms with van der Waals surface area (Å²) in [4.78, 5) is 19.4. The van der Waals surface area contributed by atoms with Crippen molar-refractivity contribution < 1.29 is 4.79 Å². The zero-order chi connectivity index (χ0) is 18.8. The van der Waals surface area contributed by atoms with Crippen LogP contribution >= 0.6 is 24.0 Å². The molecule has 0 saturated carbocycles. The minimum Gasteiger partial charge on any atom is -0.329 e. The van der Waals surface area contributed by atoms with Gasteiger partial charge < -0.3 is 10.2 Å². The van der Waals surface area contributed by atoms with Crippen molar-refractivity contribution in [1.82, 2.24) is 25.0 Å². The Morgan fingerprint density at radius 3 is 2.71 bits per heavy atom. The van der Waals surface area contributed by atoms with Crippen molar-refractivity contribution in [3.8, 4) is 5.69 Å². The number of hydrogen-bond acceptors (Lipinski definition) is 4. The van der Waals surface area contributed by atoms with Gasteiger partial charge in [-0.15, -0.1) is 12.4 Å². The van der Waals surface area contributed by atoms with Crippen molar-refractivity contribution in [1.29, 1.82) is 0 Å². The summed E-state index contributed by atoms with van der Waals surface area (Å²) in [5.74, 6) is -0.0110. The lowest BCUT2D eigenvalue weighted by atomic mass is 10.0. The highest BCUT2D eigenvalue weighted by Crippen LogP contribution is 2.25. The summed E-state index contributed by atoms with van der Waals surface area (Å²) in [7, 11) is 0. The highest BCUT2D eigenvalue weighted by atomic mass is 35.5. The maximum atomic E-state index is 13.3. The van der Waals surface area contributed by atoms with Crippen LogP contribution in [0.4, 0.5) is 0 Å². The van der Waals surface area contributed by atoms with Crippen molar-refractivity contribution in [2.24, 2.45) is 0 Å². The first kappa shape index (κ1) is 20.3. The molecule has 1 unspecified atom stereocenters. The van der Waals surface area contributed by atoms with E-state index < -0.39 is 0 Å². The Morgan fingerprint density at radius 1 is 1.21 bits per heavy atom. The Kier molecular flexibility index (Phi) is 6.34. The molecule has 1 saturated heterocycles. The molecule has 2 aromatic heterocycles. The molecule has 0 radical (unpaired) electrons. The van der Waals surface area contributed by atoms with Crippen molar-refractivity contribution in [3.63, 3.8) is 0 Å². The molecule has 8 heteroatoms. The van der Waals surface area contributed by atoms with Gasteiger partial charge in [-0.2, -0.15) is 5.10 Å². The number of amides is 1. The Labute approximate surface area is 174 Å². The summed E-state index contributed by atoms with van der Waals surface area (Å²) in [6.07, 6.45) is 5.21. The van der Waals surface area contributed by atoms with Crippen LogP contribution in [0.3, 0.4) is 0 Å². The van der Waals surface area contributed by atoms with Gasteiger partial charge >= 0.3 is 0 Å². The lowest BCUT2D eigenvalue weighted by molar-refractivity contribution is 0.0633. The number of benzene rings is 1. The van der Waals surface area contributed by atoms with Crippen LogP contribution in [0.1, 0.15) is 27.7 Å². The summed E-state index contributed by atoms with van der Waals surface area (Å²) in [5, 5.41) is 8.46. The van der Waals surface area contributed by atoms with Crippen LogP contribution in [-0.2, 0) is 0 Å². The molecule has 1 amide bonds. The van der Waals surface area contributed by atoms with Gasteiger partial charge in [-0.25, -0.2) is 4.68 Å². The molecule has 0 spiro atoms. The zero-order valence-corrected chi connectivity index (χ0v) is 17.0. The van der Waals surface area contributed by atoms with Gasteiger partial charge in [0.25, 0.3) is 5.91 Å². The van der Waals surface area contributed by atoms with E-state index in [-0.39, 0.29) is 24.4 Å². The Balaban J connectivity index is 0.00000225. The SMILES string of the molecule is Cc1c(C(=O)N2CCNCC2c2cccnc2)cnn1-c1ccc(Cl)cc1.Cl. The molecule has 1 aromatic carbocycles. The van der Waals surface area contributed by atoms with Crippen molar-refractivity contribution in [3.05, 3.63) is 76.8 Å². The molecule has 1 atom stereocenters. The number of carbonyl (C=O) groups is 1. The number of piperazine rings is 1. The molecule has 1 fully saturated rings. The third-order valence-corrected chi connectivity index (χ3v) is 5.14. The molecule has 146 valence electrons. The number of halogens is 2. The summed E-state index contributed by atoms with van der Waals surface area (Å²) >= 11 is 5.97. The third kappa shape index (κ3) is 3.90. The predicted octanol–water partition coefficient (Wildman–Crippen LogP) is 3.44. The molecule has 1 aliphatic rings. The number of nitrogens with zero attached hydrogens (tertiary/aromatic N) is 4. The molecule has 3 heterocycles. The number of carbonyl (C=O) groups excluding carboxylic acids is 1. The molecule has 4 rings (SSSR count). The average molecular weight is 418 g/mol. The molecular weight excluding hydrogens is 397 g/mol. The smallest absolute Gasteiger partial charge is 0.257 e. The van der Waals surface area contributed by atoms with Crippen LogP contribution in [0.15, 0.2) is 55.0 Å². The topological polar surface area (TPSA) is 63.1 Å². The fourth-order valence-corrected chi connectivity index (χ4v) is 3.56. The average Bonchev–Trinajstić information content (AvgIpc) is 3.10. The van der Waals surface area contributed by atoms with Gasteiger partial charge in [-0.05, 0) is 42.8 Å². The van der Waals surface area contributed by atoms with Gasteiger partial charge in [0.15, 0.2) is 0 Å². The second kappa shape index (κ2) is 8.73. The normalized spacial score (nSPS) is 16.5. The molecule has 1 aliphatic heterocycles. The summed E-state index contributed by atoms with van der Waals surface area (Å²) in [5.41, 5.74) is 3.33. The van der Waals surface area contributed by atoms with E-state index in [0.29, 0.717) is 23.7 Å². The number of aromatic nitrogens is 3. The Bertz CT molecular complexity index is 943. The Morgan fingerprint density at radius 2 is 2.00 bits per heavy atom. The lowest BCUT2D eigenvalue weighted by Crippen LogP contribution is -2.48. The minimum absolute atomic E-state index is 0. The van der Waals surface area contributed by atoms with Crippen LogP contribution in [0.5, 0.6) is 0 Å². The first-order valence-electron chi connectivity index (χ1n) is 8.87. The van der Waals surface area contributed by atoms with E-state index in [4.69, 9.17) is 11.6 Å². The molecule has 1 N–H and O–H groups in total. The Hall–Kier alpha value is -2.41. The van der Waals surface area contributed by atoms with Crippen LogP contribution in [0.25, 0.3) is 5.69 Å². The number of pyridine rings is 1. The van der Waals surface area contributed by atoms with Crippen LogP contribution in [0.2, 0.25) is 5.02 Å². The van der Waals surface area contributed by atoms with Gasteiger partial charge in [0.1, 0.15) is 0 Å².